The summed E-state index contributed by atoms with van der Waals surface area (Å²) in [5, 5.41) is 0. The molecule has 4 nitrogen and oxygen atoms in total. The van der Waals surface area contributed by atoms with Crippen LogP contribution in [0.4, 0.5) is 0 Å². The summed E-state index contributed by atoms with van der Waals surface area (Å²) in [6.07, 6.45) is -0.899. The Morgan fingerprint density at radius 2 is 1.75 bits per heavy atom. The van der Waals surface area contributed by atoms with Gasteiger partial charge in [0.25, 0.3) is 6.29 Å². The number of rotatable bonds is 5. The Morgan fingerprint density at radius 3 is 2.08 bits per heavy atom. The lowest BCUT2D eigenvalue weighted by molar-refractivity contribution is -0.184. The van der Waals surface area contributed by atoms with E-state index in [0.29, 0.717) is 12.5 Å². The number of carbonyl (C=O) groups excluding carboxylic acids is 1. The molecular formula is C8H16O4. The number of hydrogen-bond donors (Lipinski definition) is 0. The second kappa shape index (κ2) is 5.97. The van der Waals surface area contributed by atoms with Crippen molar-refractivity contribution < 1.29 is 19.0 Å². The fourth-order valence-electron chi connectivity index (χ4n) is 0.606. The Morgan fingerprint density at radius 1 is 1.25 bits per heavy atom. The van der Waals surface area contributed by atoms with E-state index in [-0.39, 0.29) is 0 Å². The summed E-state index contributed by atoms with van der Waals surface area (Å²) >= 11 is 0. The van der Waals surface area contributed by atoms with Crippen LogP contribution < -0.4 is 0 Å². The standard InChI is InChI=1S/C8H16O4/c1-6(2)5-12-7(9)8(10-3)11-4/h6,8H,5H2,1-4H3. The summed E-state index contributed by atoms with van der Waals surface area (Å²) in [5.74, 6) is -0.156. The molecule has 0 radical (unpaired) electrons. The molecular weight excluding hydrogens is 160 g/mol. The first-order chi connectivity index (χ1) is 5.61. The number of esters is 1. The minimum atomic E-state index is -0.899. The molecule has 0 aliphatic heterocycles. The minimum absolute atomic E-state index is 0.323. The van der Waals surface area contributed by atoms with E-state index in [1.165, 1.54) is 14.2 Å². The molecule has 0 saturated carbocycles. The molecule has 0 aliphatic carbocycles. The SMILES string of the molecule is COC(OC)C(=O)OCC(C)C. The summed E-state index contributed by atoms with van der Waals surface area (Å²) < 4.78 is 14.3. The smallest absolute Gasteiger partial charge is 0.363 e. The summed E-state index contributed by atoms with van der Waals surface area (Å²) in [5.41, 5.74) is 0. The van der Waals surface area contributed by atoms with Crippen molar-refractivity contribution in [1.29, 1.82) is 0 Å². The molecule has 0 atom stereocenters. The summed E-state index contributed by atoms with van der Waals surface area (Å²) in [4.78, 5) is 11.0. The Bertz CT molecular complexity index is 129. The van der Waals surface area contributed by atoms with Crippen LogP contribution in [0.15, 0.2) is 0 Å². The van der Waals surface area contributed by atoms with Crippen molar-refractivity contribution in [2.24, 2.45) is 5.92 Å². The van der Waals surface area contributed by atoms with Gasteiger partial charge in [0.15, 0.2) is 0 Å². The summed E-state index contributed by atoms with van der Waals surface area (Å²) in [6, 6.07) is 0. The predicted molar refractivity (Wildman–Crippen MR) is 43.6 cm³/mol. The molecule has 0 aromatic carbocycles. The molecule has 0 saturated heterocycles. The van der Waals surface area contributed by atoms with E-state index in [0.717, 1.165) is 0 Å². The molecule has 0 heterocycles. The zero-order valence-corrected chi connectivity index (χ0v) is 7.99. The molecule has 0 spiro atoms. The van der Waals surface area contributed by atoms with Crippen molar-refractivity contribution in [2.45, 2.75) is 20.1 Å². The van der Waals surface area contributed by atoms with Crippen LogP contribution in [0.25, 0.3) is 0 Å². The Labute approximate surface area is 72.8 Å². The number of methoxy groups -OCH3 is 2. The number of hydrogen-bond acceptors (Lipinski definition) is 4. The average Bonchev–Trinajstić information content (AvgIpc) is 2.03. The quantitative estimate of drug-likeness (QED) is 0.459. The van der Waals surface area contributed by atoms with Crippen LogP contribution in [0.1, 0.15) is 13.8 Å². The van der Waals surface area contributed by atoms with E-state index in [2.05, 4.69) is 0 Å². The van der Waals surface area contributed by atoms with E-state index in [9.17, 15) is 4.79 Å². The lowest BCUT2D eigenvalue weighted by Gasteiger charge is -2.13. The van der Waals surface area contributed by atoms with Crippen molar-refractivity contribution in [2.75, 3.05) is 20.8 Å². The third-order valence-corrected chi connectivity index (χ3v) is 1.18. The van der Waals surface area contributed by atoms with Crippen molar-refractivity contribution in [3.63, 3.8) is 0 Å². The zero-order chi connectivity index (χ0) is 9.56. The third-order valence-electron chi connectivity index (χ3n) is 1.18. The van der Waals surface area contributed by atoms with E-state index in [4.69, 9.17) is 14.2 Å². The van der Waals surface area contributed by atoms with Crippen LogP contribution >= 0.6 is 0 Å². The van der Waals surface area contributed by atoms with E-state index >= 15 is 0 Å². The molecule has 0 aromatic rings. The lowest BCUT2D eigenvalue weighted by Crippen LogP contribution is -2.28. The molecule has 0 fully saturated rings. The Hall–Kier alpha value is -0.610. The van der Waals surface area contributed by atoms with Crippen molar-refractivity contribution in [1.82, 2.24) is 0 Å². The minimum Gasteiger partial charge on any atom is -0.462 e. The highest BCUT2D eigenvalue weighted by atomic mass is 16.7. The van der Waals surface area contributed by atoms with Gasteiger partial charge in [-0.25, -0.2) is 4.79 Å². The van der Waals surface area contributed by atoms with Crippen LogP contribution in [0.5, 0.6) is 0 Å². The predicted octanol–water partition coefficient (Wildman–Crippen LogP) is 0.804. The van der Waals surface area contributed by atoms with E-state index < -0.39 is 12.3 Å². The molecule has 0 amide bonds. The maximum atomic E-state index is 11.0. The number of carbonyl (C=O) groups is 1. The Balaban J connectivity index is 3.69. The third kappa shape index (κ3) is 4.31. The number of ether oxygens (including phenoxy) is 3. The Kier molecular flexibility index (Phi) is 5.66. The van der Waals surface area contributed by atoms with Crippen molar-refractivity contribution in [3.05, 3.63) is 0 Å². The lowest BCUT2D eigenvalue weighted by atomic mass is 10.2. The fourth-order valence-corrected chi connectivity index (χ4v) is 0.606. The zero-order valence-electron chi connectivity index (χ0n) is 7.99. The molecule has 4 heteroatoms. The first-order valence-electron chi connectivity index (χ1n) is 3.84. The van der Waals surface area contributed by atoms with Crippen molar-refractivity contribution in [3.8, 4) is 0 Å². The van der Waals surface area contributed by atoms with Gasteiger partial charge in [-0.2, -0.15) is 0 Å². The first-order valence-corrected chi connectivity index (χ1v) is 3.84. The van der Waals surface area contributed by atoms with E-state index in [1.807, 2.05) is 13.8 Å². The highest BCUT2D eigenvalue weighted by Crippen LogP contribution is 1.98. The van der Waals surface area contributed by atoms with Gasteiger partial charge in [0.1, 0.15) is 0 Å². The molecule has 0 N–H and O–H groups in total. The maximum Gasteiger partial charge on any atom is 0.363 e. The van der Waals surface area contributed by atoms with Gasteiger partial charge in [0.05, 0.1) is 6.61 Å². The fraction of sp³-hybridized carbons (Fsp3) is 0.875. The molecule has 12 heavy (non-hydrogen) atoms. The normalized spacial score (nSPS) is 10.8. The van der Waals surface area contributed by atoms with Crippen LogP contribution in [0.2, 0.25) is 0 Å². The van der Waals surface area contributed by atoms with Crippen LogP contribution in [-0.4, -0.2) is 33.1 Å². The molecule has 72 valence electrons. The topological polar surface area (TPSA) is 44.8 Å². The summed E-state index contributed by atoms with van der Waals surface area (Å²) in [6.45, 7) is 4.31. The van der Waals surface area contributed by atoms with Crippen LogP contribution in [0.3, 0.4) is 0 Å². The molecule has 0 unspecified atom stereocenters. The first kappa shape index (κ1) is 11.4. The summed E-state index contributed by atoms with van der Waals surface area (Å²) in [7, 11) is 2.79. The van der Waals surface area contributed by atoms with Crippen molar-refractivity contribution >= 4 is 5.97 Å². The van der Waals surface area contributed by atoms with Gasteiger partial charge in [-0.15, -0.1) is 0 Å². The highest BCUT2D eigenvalue weighted by molar-refractivity contribution is 5.73. The monoisotopic (exact) mass is 176 g/mol. The largest absolute Gasteiger partial charge is 0.462 e. The van der Waals surface area contributed by atoms with Crippen LogP contribution in [-0.2, 0) is 19.0 Å². The second-order valence-electron chi connectivity index (χ2n) is 2.83. The van der Waals surface area contributed by atoms with Gasteiger partial charge in [0, 0.05) is 14.2 Å². The molecule has 0 rings (SSSR count). The van der Waals surface area contributed by atoms with Gasteiger partial charge in [0.2, 0.25) is 0 Å². The second-order valence-corrected chi connectivity index (χ2v) is 2.83. The van der Waals surface area contributed by atoms with Gasteiger partial charge >= 0.3 is 5.97 Å². The maximum absolute atomic E-state index is 11.0. The highest BCUT2D eigenvalue weighted by Gasteiger charge is 2.18. The van der Waals surface area contributed by atoms with E-state index in [1.54, 1.807) is 0 Å². The van der Waals surface area contributed by atoms with Crippen LogP contribution in [0, 0.1) is 5.92 Å². The van der Waals surface area contributed by atoms with Gasteiger partial charge in [-0.3, -0.25) is 0 Å². The van der Waals surface area contributed by atoms with Gasteiger partial charge in [-0.05, 0) is 5.92 Å². The molecule has 0 aromatic heterocycles. The van der Waals surface area contributed by atoms with Gasteiger partial charge < -0.3 is 14.2 Å². The molecule has 0 bridgehead atoms. The average molecular weight is 176 g/mol. The molecule has 0 aliphatic rings. The van der Waals surface area contributed by atoms with Gasteiger partial charge in [-0.1, -0.05) is 13.8 Å².